The van der Waals surface area contributed by atoms with Crippen LogP contribution in [0.2, 0.25) is 0 Å². The maximum absolute atomic E-state index is 10.1. The average molecular weight is 297 g/mol. The van der Waals surface area contributed by atoms with Crippen LogP contribution in [0.15, 0.2) is 42.5 Å². The van der Waals surface area contributed by atoms with E-state index in [1.807, 2.05) is 6.07 Å². The number of rotatable bonds is 4. The summed E-state index contributed by atoms with van der Waals surface area (Å²) in [6.07, 6.45) is 2.61. The maximum atomic E-state index is 10.1. The molecule has 1 unspecified atom stereocenters. The molecule has 1 heterocycles. The van der Waals surface area contributed by atoms with Crippen molar-refractivity contribution in [2.24, 2.45) is 0 Å². The fourth-order valence-corrected chi connectivity index (χ4v) is 3.15. The van der Waals surface area contributed by atoms with Crippen LogP contribution in [-0.2, 0) is 0 Å². The first-order valence-electron chi connectivity index (χ1n) is 7.90. The first-order chi connectivity index (χ1) is 10.7. The van der Waals surface area contributed by atoms with Crippen LogP contribution < -0.4 is 4.74 Å². The molecule has 116 valence electrons. The Balaban J connectivity index is 1.84. The normalized spacial score (nSPS) is 16.6. The molecule has 1 saturated heterocycles. The van der Waals surface area contributed by atoms with Crippen LogP contribution in [0.1, 0.15) is 31.4 Å². The number of methoxy groups -OCH3 is 1. The lowest BCUT2D eigenvalue weighted by atomic mass is 10.00. The van der Waals surface area contributed by atoms with E-state index in [2.05, 4.69) is 36.1 Å². The quantitative estimate of drug-likeness (QED) is 0.917. The molecule has 1 atom stereocenters. The molecule has 3 rings (SSSR count). The maximum Gasteiger partial charge on any atom is 0.123 e. The van der Waals surface area contributed by atoms with Crippen LogP contribution in [0.25, 0.3) is 11.1 Å². The van der Waals surface area contributed by atoms with Crippen LogP contribution in [0.5, 0.6) is 11.5 Å². The number of phenols is 1. The fraction of sp³-hybridized carbons (Fsp3) is 0.368. The Hall–Kier alpha value is -2.00. The van der Waals surface area contributed by atoms with Crippen molar-refractivity contribution < 1.29 is 9.84 Å². The Morgan fingerprint density at radius 3 is 2.36 bits per heavy atom. The van der Waals surface area contributed by atoms with Crippen LogP contribution in [-0.4, -0.2) is 30.2 Å². The first-order valence-corrected chi connectivity index (χ1v) is 7.90. The van der Waals surface area contributed by atoms with Crippen LogP contribution in [0, 0.1) is 0 Å². The van der Waals surface area contributed by atoms with Crippen molar-refractivity contribution >= 4 is 0 Å². The number of ether oxygens (including phenoxy) is 1. The molecule has 0 aromatic heterocycles. The highest BCUT2D eigenvalue weighted by atomic mass is 16.5. The van der Waals surface area contributed by atoms with E-state index in [9.17, 15) is 5.11 Å². The van der Waals surface area contributed by atoms with Gasteiger partial charge in [-0.2, -0.15) is 0 Å². The van der Waals surface area contributed by atoms with Gasteiger partial charge in [-0.1, -0.05) is 24.3 Å². The number of aromatic hydroxyl groups is 1. The minimum absolute atomic E-state index is 0.279. The third-order valence-electron chi connectivity index (χ3n) is 4.60. The zero-order valence-electron chi connectivity index (χ0n) is 13.2. The second-order valence-electron chi connectivity index (χ2n) is 5.92. The molecule has 2 aromatic carbocycles. The molecule has 1 N–H and O–H groups in total. The lowest BCUT2D eigenvalue weighted by Crippen LogP contribution is -2.23. The van der Waals surface area contributed by atoms with E-state index in [4.69, 9.17) is 4.74 Å². The Morgan fingerprint density at radius 1 is 1.05 bits per heavy atom. The Bertz CT molecular complexity index is 630. The SMILES string of the molecule is COc1ccc(O)c(-c2ccc(C(C)N3CCCC3)cc2)c1. The Labute approximate surface area is 132 Å². The van der Waals surface area contributed by atoms with Crippen molar-refractivity contribution in [1.82, 2.24) is 4.90 Å². The zero-order chi connectivity index (χ0) is 15.5. The van der Waals surface area contributed by atoms with Gasteiger partial charge in [0.25, 0.3) is 0 Å². The molecule has 22 heavy (non-hydrogen) atoms. The smallest absolute Gasteiger partial charge is 0.123 e. The Morgan fingerprint density at radius 2 is 1.73 bits per heavy atom. The number of hydrogen-bond donors (Lipinski definition) is 1. The molecule has 1 fully saturated rings. The third kappa shape index (κ3) is 2.95. The predicted octanol–water partition coefficient (Wildman–Crippen LogP) is 4.22. The lowest BCUT2D eigenvalue weighted by Gasteiger charge is -2.24. The van der Waals surface area contributed by atoms with Gasteiger partial charge in [0, 0.05) is 11.6 Å². The molecule has 0 radical (unpaired) electrons. The second-order valence-corrected chi connectivity index (χ2v) is 5.92. The monoisotopic (exact) mass is 297 g/mol. The molecule has 1 aliphatic heterocycles. The van der Waals surface area contributed by atoms with Crippen molar-refractivity contribution in [2.45, 2.75) is 25.8 Å². The average Bonchev–Trinajstić information content (AvgIpc) is 3.09. The highest BCUT2D eigenvalue weighted by molar-refractivity contribution is 5.71. The number of likely N-dealkylation sites (tertiary alicyclic amines) is 1. The summed E-state index contributed by atoms with van der Waals surface area (Å²) in [4.78, 5) is 2.53. The minimum Gasteiger partial charge on any atom is -0.507 e. The topological polar surface area (TPSA) is 32.7 Å². The molecule has 0 aliphatic carbocycles. The van der Waals surface area contributed by atoms with E-state index in [0.29, 0.717) is 6.04 Å². The summed E-state index contributed by atoms with van der Waals surface area (Å²) in [6, 6.07) is 14.3. The summed E-state index contributed by atoms with van der Waals surface area (Å²) in [7, 11) is 1.64. The van der Waals surface area contributed by atoms with E-state index in [-0.39, 0.29) is 5.75 Å². The van der Waals surface area contributed by atoms with Crippen molar-refractivity contribution in [2.75, 3.05) is 20.2 Å². The summed E-state index contributed by atoms with van der Waals surface area (Å²) in [5.41, 5.74) is 3.14. The minimum atomic E-state index is 0.279. The lowest BCUT2D eigenvalue weighted by molar-refractivity contribution is 0.263. The number of benzene rings is 2. The van der Waals surface area contributed by atoms with E-state index >= 15 is 0 Å². The molecule has 0 bridgehead atoms. The van der Waals surface area contributed by atoms with Gasteiger partial charge in [-0.25, -0.2) is 0 Å². The van der Waals surface area contributed by atoms with Crippen molar-refractivity contribution in [3.8, 4) is 22.6 Å². The van der Waals surface area contributed by atoms with Crippen LogP contribution in [0.4, 0.5) is 0 Å². The molecular formula is C19H23NO2. The molecular weight excluding hydrogens is 274 g/mol. The van der Waals surface area contributed by atoms with Gasteiger partial charge in [0.15, 0.2) is 0 Å². The van der Waals surface area contributed by atoms with Crippen molar-refractivity contribution in [3.63, 3.8) is 0 Å². The molecule has 0 amide bonds. The number of hydrogen-bond acceptors (Lipinski definition) is 3. The summed E-state index contributed by atoms with van der Waals surface area (Å²) in [5.74, 6) is 1.03. The van der Waals surface area contributed by atoms with Gasteiger partial charge in [-0.3, -0.25) is 4.90 Å². The third-order valence-corrected chi connectivity index (χ3v) is 4.60. The van der Waals surface area contributed by atoms with Gasteiger partial charge in [-0.05, 0) is 62.2 Å². The van der Waals surface area contributed by atoms with E-state index < -0.39 is 0 Å². The van der Waals surface area contributed by atoms with Gasteiger partial charge < -0.3 is 9.84 Å². The van der Waals surface area contributed by atoms with Gasteiger partial charge in [0.2, 0.25) is 0 Å². The summed E-state index contributed by atoms with van der Waals surface area (Å²) in [6.45, 7) is 4.66. The van der Waals surface area contributed by atoms with Crippen LogP contribution >= 0.6 is 0 Å². The molecule has 3 nitrogen and oxygen atoms in total. The fourth-order valence-electron chi connectivity index (χ4n) is 3.15. The summed E-state index contributed by atoms with van der Waals surface area (Å²) < 4.78 is 5.24. The number of nitrogens with zero attached hydrogens (tertiary/aromatic N) is 1. The van der Waals surface area contributed by atoms with E-state index in [1.54, 1.807) is 19.2 Å². The highest BCUT2D eigenvalue weighted by Crippen LogP contribution is 2.34. The van der Waals surface area contributed by atoms with Crippen molar-refractivity contribution in [1.29, 1.82) is 0 Å². The van der Waals surface area contributed by atoms with E-state index in [1.165, 1.54) is 31.5 Å². The molecule has 0 spiro atoms. The zero-order valence-corrected chi connectivity index (χ0v) is 13.2. The summed E-state index contributed by atoms with van der Waals surface area (Å²) >= 11 is 0. The van der Waals surface area contributed by atoms with Gasteiger partial charge in [-0.15, -0.1) is 0 Å². The highest BCUT2D eigenvalue weighted by Gasteiger charge is 2.19. The largest absolute Gasteiger partial charge is 0.507 e. The molecule has 0 saturated carbocycles. The summed E-state index contributed by atoms with van der Waals surface area (Å²) in [5, 5.41) is 10.1. The molecule has 3 heteroatoms. The van der Waals surface area contributed by atoms with E-state index in [0.717, 1.165) is 16.9 Å². The number of phenolic OH excluding ortho intramolecular Hbond substituents is 1. The second kappa shape index (κ2) is 6.41. The van der Waals surface area contributed by atoms with Gasteiger partial charge in [0.05, 0.1) is 7.11 Å². The first kappa shape index (κ1) is 14.9. The Kier molecular flexibility index (Phi) is 4.34. The standard InChI is InChI=1S/C19H23NO2/c1-14(20-11-3-4-12-20)15-5-7-16(8-6-15)18-13-17(22-2)9-10-19(18)21/h5-10,13-14,21H,3-4,11-12H2,1-2H3. The van der Waals surface area contributed by atoms with Crippen LogP contribution in [0.3, 0.4) is 0 Å². The predicted molar refractivity (Wildman–Crippen MR) is 89.3 cm³/mol. The van der Waals surface area contributed by atoms with Gasteiger partial charge >= 0.3 is 0 Å². The van der Waals surface area contributed by atoms with Gasteiger partial charge in [0.1, 0.15) is 11.5 Å². The van der Waals surface area contributed by atoms with Crippen molar-refractivity contribution in [3.05, 3.63) is 48.0 Å². The molecule has 1 aliphatic rings. The molecule has 2 aromatic rings.